The Morgan fingerprint density at radius 3 is 2.11 bits per heavy atom. The molecule has 0 unspecified atom stereocenters. The molecule has 0 spiro atoms. The largest absolute Gasteiger partial charge is 0.463 e. The Kier molecular flexibility index (Phi) is 11.3. The summed E-state index contributed by atoms with van der Waals surface area (Å²) in [6.45, 7) is 11.3. The molecular weight excluding hydrogens is 236 g/mol. The summed E-state index contributed by atoms with van der Waals surface area (Å²) in [5.41, 5.74) is 0. The van der Waals surface area contributed by atoms with Gasteiger partial charge in [-0.1, -0.05) is 20.8 Å². The predicted molar refractivity (Wildman–Crippen MR) is 70.0 cm³/mol. The third-order valence-electron chi connectivity index (χ3n) is 1.99. The molecule has 5 heteroatoms. The summed E-state index contributed by atoms with van der Waals surface area (Å²) in [6.07, 6.45) is 1.20. The highest BCUT2D eigenvalue weighted by Gasteiger charge is 2.24. The molecule has 0 radical (unpaired) electrons. The Balaban J connectivity index is 0. The summed E-state index contributed by atoms with van der Waals surface area (Å²) >= 11 is 0. The number of esters is 1. The highest BCUT2D eigenvalue weighted by Crippen LogP contribution is 2.19. The van der Waals surface area contributed by atoms with Crippen molar-refractivity contribution in [3.05, 3.63) is 0 Å². The van der Waals surface area contributed by atoms with Gasteiger partial charge in [-0.25, -0.2) is 0 Å². The van der Waals surface area contributed by atoms with E-state index in [1.807, 2.05) is 13.8 Å². The molecule has 0 aliphatic carbocycles. The van der Waals surface area contributed by atoms with Gasteiger partial charge in [0.15, 0.2) is 5.79 Å². The van der Waals surface area contributed by atoms with E-state index >= 15 is 0 Å². The molecule has 110 valence electrons. The predicted octanol–water partition coefficient (Wildman–Crippen LogP) is 1.71. The van der Waals surface area contributed by atoms with Gasteiger partial charge in [0.2, 0.25) is 0 Å². The summed E-state index contributed by atoms with van der Waals surface area (Å²) in [6, 6.07) is 0. The fraction of sp³-hybridized carbons (Fsp3) is 0.923. The number of hydrogen-bond acceptors (Lipinski definition) is 5. The molecule has 0 amide bonds. The zero-order valence-electron chi connectivity index (χ0n) is 12.4. The third-order valence-corrected chi connectivity index (χ3v) is 1.99. The van der Waals surface area contributed by atoms with Crippen molar-refractivity contribution in [3.63, 3.8) is 0 Å². The van der Waals surface area contributed by atoms with Crippen LogP contribution < -0.4 is 0 Å². The molecule has 1 heterocycles. The van der Waals surface area contributed by atoms with Crippen molar-refractivity contribution in [2.75, 3.05) is 13.2 Å². The first-order chi connectivity index (χ1) is 8.20. The van der Waals surface area contributed by atoms with E-state index in [1.54, 1.807) is 0 Å². The van der Waals surface area contributed by atoms with Crippen LogP contribution >= 0.6 is 0 Å². The monoisotopic (exact) mass is 264 g/mol. The van der Waals surface area contributed by atoms with Gasteiger partial charge in [-0.3, -0.25) is 4.79 Å². The molecule has 2 atom stereocenters. The van der Waals surface area contributed by atoms with E-state index < -0.39 is 5.79 Å². The van der Waals surface area contributed by atoms with Crippen LogP contribution in [0.4, 0.5) is 0 Å². The lowest BCUT2D eigenvalue weighted by molar-refractivity contribution is -0.144. The highest BCUT2D eigenvalue weighted by atomic mass is 16.6. The second-order valence-electron chi connectivity index (χ2n) is 4.47. The molecule has 1 fully saturated rings. The first kappa shape index (κ1) is 19.7. The second-order valence-corrected chi connectivity index (χ2v) is 4.47. The Morgan fingerprint density at radius 2 is 1.83 bits per heavy atom. The van der Waals surface area contributed by atoms with Crippen LogP contribution in [0.3, 0.4) is 0 Å². The molecule has 0 saturated carbocycles. The number of carbonyl (C=O) groups excluding carboxylic acids is 1. The molecule has 0 aromatic heterocycles. The maximum Gasteiger partial charge on any atom is 0.302 e. The zero-order chi connectivity index (χ0) is 14.8. The average molecular weight is 264 g/mol. The zero-order valence-corrected chi connectivity index (χ0v) is 12.4. The van der Waals surface area contributed by atoms with Gasteiger partial charge in [0.1, 0.15) is 6.61 Å². The Labute approximate surface area is 110 Å². The van der Waals surface area contributed by atoms with Crippen LogP contribution in [0.2, 0.25) is 0 Å². The molecule has 1 rings (SSSR count). The summed E-state index contributed by atoms with van der Waals surface area (Å²) in [4.78, 5) is 10.4. The van der Waals surface area contributed by atoms with Gasteiger partial charge >= 0.3 is 5.97 Å². The molecule has 1 aliphatic rings. The summed E-state index contributed by atoms with van der Waals surface area (Å²) < 4.78 is 10.2. The normalized spacial score (nSPS) is 22.2. The standard InChI is InChI=1S/C8H14O3.C3H8O2.C2H6/c1-6-3-4-10-8(6)5-11-7(2)9;1-3(2,4)5;1-2/h6,8H,3-5H2,1-2H3;4-5H,1-2H3;1-2H3/t6-,8-;;/m1../s1. The van der Waals surface area contributed by atoms with Gasteiger partial charge in [0, 0.05) is 13.5 Å². The number of rotatable bonds is 2. The maximum atomic E-state index is 10.4. The van der Waals surface area contributed by atoms with Crippen molar-refractivity contribution < 1.29 is 24.5 Å². The minimum atomic E-state index is -1.50. The molecule has 5 nitrogen and oxygen atoms in total. The lowest BCUT2D eigenvalue weighted by atomic mass is 10.1. The second kappa shape index (κ2) is 10.3. The number of ether oxygens (including phenoxy) is 2. The average Bonchev–Trinajstić information content (AvgIpc) is 2.61. The molecule has 18 heavy (non-hydrogen) atoms. The molecule has 1 saturated heterocycles. The molecular formula is C13H28O5. The lowest BCUT2D eigenvalue weighted by Crippen LogP contribution is -2.21. The van der Waals surface area contributed by atoms with Crippen LogP contribution in [0.25, 0.3) is 0 Å². The van der Waals surface area contributed by atoms with Crippen LogP contribution in [0.15, 0.2) is 0 Å². The van der Waals surface area contributed by atoms with Gasteiger partial charge in [-0.2, -0.15) is 0 Å². The molecule has 0 bridgehead atoms. The van der Waals surface area contributed by atoms with Gasteiger partial charge < -0.3 is 19.7 Å². The van der Waals surface area contributed by atoms with Crippen LogP contribution in [-0.4, -0.2) is 41.3 Å². The van der Waals surface area contributed by atoms with E-state index in [2.05, 4.69) is 6.92 Å². The Hall–Kier alpha value is -0.650. The van der Waals surface area contributed by atoms with E-state index in [9.17, 15) is 4.79 Å². The first-order valence-electron chi connectivity index (χ1n) is 6.40. The van der Waals surface area contributed by atoms with E-state index in [0.29, 0.717) is 12.5 Å². The smallest absolute Gasteiger partial charge is 0.302 e. The van der Waals surface area contributed by atoms with Gasteiger partial charge in [0.25, 0.3) is 0 Å². The van der Waals surface area contributed by atoms with E-state index in [0.717, 1.165) is 13.0 Å². The van der Waals surface area contributed by atoms with Crippen LogP contribution in [0.1, 0.15) is 48.0 Å². The van der Waals surface area contributed by atoms with Crippen LogP contribution in [0.5, 0.6) is 0 Å². The first-order valence-corrected chi connectivity index (χ1v) is 6.40. The Bertz CT molecular complexity index is 204. The quantitative estimate of drug-likeness (QED) is 0.586. The van der Waals surface area contributed by atoms with Gasteiger partial charge in [0.05, 0.1) is 6.10 Å². The minimum absolute atomic E-state index is 0.124. The van der Waals surface area contributed by atoms with Crippen molar-refractivity contribution >= 4 is 5.97 Å². The number of carbonyl (C=O) groups is 1. The number of hydrogen-bond donors (Lipinski definition) is 2. The molecule has 0 aromatic carbocycles. The molecule has 0 aromatic rings. The fourth-order valence-corrected chi connectivity index (χ4v) is 1.17. The van der Waals surface area contributed by atoms with Crippen LogP contribution in [0, 0.1) is 5.92 Å². The van der Waals surface area contributed by atoms with Crippen molar-refractivity contribution in [1.29, 1.82) is 0 Å². The van der Waals surface area contributed by atoms with Crippen LogP contribution in [-0.2, 0) is 14.3 Å². The summed E-state index contributed by atoms with van der Waals surface area (Å²) in [5.74, 6) is -1.21. The number of aliphatic hydroxyl groups is 2. The third kappa shape index (κ3) is 15.4. The fourth-order valence-electron chi connectivity index (χ4n) is 1.17. The molecule has 2 N–H and O–H groups in total. The minimum Gasteiger partial charge on any atom is -0.463 e. The van der Waals surface area contributed by atoms with E-state index in [4.69, 9.17) is 19.7 Å². The van der Waals surface area contributed by atoms with Crippen molar-refractivity contribution in [2.45, 2.75) is 59.9 Å². The summed E-state index contributed by atoms with van der Waals surface area (Å²) in [5, 5.41) is 16.2. The SMILES string of the molecule is CC.CC(=O)OC[C@H]1OCC[C@H]1C.CC(C)(O)O. The van der Waals surface area contributed by atoms with Crippen molar-refractivity contribution in [2.24, 2.45) is 5.92 Å². The lowest BCUT2D eigenvalue weighted by Gasteiger charge is -2.13. The van der Waals surface area contributed by atoms with Gasteiger partial charge in [-0.15, -0.1) is 0 Å². The highest BCUT2D eigenvalue weighted by molar-refractivity contribution is 5.65. The topological polar surface area (TPSA) is 76.0 Å². The molecule has 1 aliphatic heterocycles. The Morgan fingerprint density at radius 1 is 1.39 bits per heavy atom. The maximum absolute atomic E-state index is 10.4. The van der Waals surface area contributed by atoms with Crippen molar-refractivity contribution in [3.8, 4) is 0 Å². The van der Waals surface area contributed by atoms with E-state index in [-0.39, 0.29) is 12.1 Å². The van der Waals surface area contributed by atoms with Crippen molar-refractivity contribution in [1.82, 2.24) is 0 Å². The van der Waals surface area contributed by atoms with E-state index in [1.165, 1.54) is 20.8 Å². The van der Waals surface area contributed by atoms with Gasteiger partial charge in [-0.05, 0) is 26.2 Å². The summed E-state index contributed by atoms with van der Waals surface area (Å²) in [7, 11) is 0.